The van der Waals surface area contributed by atoms with Crippen LogP contribution < -0.4 is 9.64 Å². The molecule has 1 N–H and O–H groups in total. The van der Waals surface area contributed by atoms with E-state index in [1.807, 2.05) is 13.8 Å². The quantitative estimate of drug-likeness (QED) is 0.635. The minimum atomic E-state index is -0.935. The number of nitro groups is 1. The smallest absolute Gasteiger partial charge is 0.303 e. The van der Waals surface area contributed by atoms with Crippen molar-refractivity contribution in [2.24, 2.45) is 5.92 Å². The number of carbonyl (C=O) groups excluding carboxylic acids is 1. The fourth-order valence-corrected chi connectivity index (χ4v) is 2.43. The van der Waals surface area contributed by atoms with Crippen LogP contribution in [0.5, 0.6) is 5.75 Å². The van der Waals surface area contributed by atoms with Crippen LogP contribution in [-0.2, 0) is 9.59 Å². The molecule has 0 fully saturated rings. The zero-order chi connectivity index (χ0) is 17.1. The standard InChI is InChI=1S/C15H18N2O6/c1-9(2)14-15(20)16(7-3-4-13(18)19)11-6-5-10(17(21)22)8-12(11)23-14/h5-6,8-9,14H,3-4,7H2,1-2H3,(H,18,19). The number of carboxylic acids is 1. The second-order valence-corrected chi connectivity index (χ2v) is 5.68. The van der Waals surface area contributed by atoms with Crippen molar-refractivity contribution in [3.8, 4) is 5.75 Å². The minimum absolute atomic E-state index is 0.0563. The zero-order valence-corrected chi connectivity index (χ0v) is 12.9. The number of nitro benzene ring substituents is 1. The van der Waals surface area contributed by atoms with Crippen LogP contribution in [-0.4, -0.2) is 34.6 Å². The summed E-state index contributed by atoms with van der Waals surface area (Å²) in [5, 5.41) is 19.6. The molecule has 1 amide bonds. The molecule has 0 saturated heterocycles. The van der Waals surface area contributed by atoms with E-state index >= 15 is 0 Å². The second-order valence-electron chi connectivity index (χ2n) is 5.68. The summed E-state index contributed by atoms with van der Waals surface area (Å²) >= 11 is 0. The van der Waals surface area contributed by atoms with Crippen LogP contribution in [0.2, 0.25) is 0 Å². The molecule has 0 bridgehead atoms. The number of rotatable bonds is 6. The van der Waals surface area contributed by atoms with Gasteiger partial charge in [0.25, 0.3) is 11.6 Å². The van der Waals surface area contributed by atoms with E-state index in [-0.39, 0.29) is 36.2 Å². The third-order valence-electron chi connectivity index (χ3n) is 3.59. The summed E-state index contributed by atoms with van der Waals surface area (Å²) in [4.78, 5) is 35.0. The highest BCUT2D eigenvalue weighted by Crippen LogP contribution is 2.38. The maximum Gasteiger partial charge on any atom is 0.303 e. The number of carboxylic acid groups (broad SMARTS) is 1. The molecule has 1 aromatic rings. The Kier molecular flexibility index (Phi) is 4.83. The maximum absolute atomic E-state index is 12.5. The number of benzene rings is 1. The molecule has 124 valence electrons. The molecule has 1 aromatic carbocycles. The molecular weight excluding hydrogens is 304 g/mol. The van der Waals surface area contributed by atoms with Crippen LogP contribution in [0.25, 0.3) is 0 Å². The highest BCUT2D eigenvalue weighted by molar-refractivity contribution is 6.00. The summed E-state index contributed by atoms with van der Waals surface area (Å²) in [6.45, 7) is 3.86. The normalized spacial score (nSPS) is 16.9. The summed E-state index contributed by atoms with van der Waals surface area (Å²) in [5.41, 5.74) is 0.314. The average Bonchev–Trinajstić information content (AvgIpc) is 2.47. The number of fused-ring (bicyclic) bond motifs is 1. The Hall–Kier alpha value is -2.64. The van der Waals surface area contributed by atoms with Gasteiger partial charge in [-0.05, 0) is 18.4 Å². The molecule has 8 nitrogen and oxygen atoms in total. The minimum Gasteiger partial charge on any atom is -0.481 e. The van der Waals surface area contributed by atoms with Crippen molar-refractivity contribution in [3.63, 3.8) is 0 Å². The number of aliphatic carboxylic acids is 1. The Morgan fingerprint density at radius 3 is 2.74 bits per heavy atom. The van der Waals surface area contributed by atoms with E-state index in [0.717, 1.165) is 0 Å². The lowest BCUT2D eigenvalue weighted by Gasteiger charge is -2.35. The fourth-order valence-electron chi connectivity index (χ4n) is 2.43. The Morgan fingerprint density at radius 2 is 2.17 bits per heavy atom. The molecule has 8 heteroatoms. The molecule has 0 aromatic heterocycles. The number of anilines is 1. The van der Waals surface area contributed by atoms with E-state index in [9.17, 15) is 19.7 Å². The zero-order valence-electron chi connectivity index (χ0n) is 12.9. The van der Waals surface area contributed by atoms with Gasteiger partial charge >= 0.3 is 5.97 Å². The number of ether oxygens (including phenoxy) is 1. The number of non-ortho nitro benzene ring substituents is 1. The van der Waals surface area contributed by atoms with Gasteiger partial charge < -0.3 is 14.7 Å². The summed E-state index contributed by atoms with van der Waals surface area (Å²) in [7, 11) is 0. The summed E-state index contributed by atoms with van der Waals surface area (Å²) < 4.78 is 5.64. The van der Waals surface area contributed by atoms with Crippen molar-refractivity contribution in [1.29, 1.82) is 0 Å². The van der Waals surface area contributed by atoms with E-state index in [0.29, 0.717) is 12.1 Å². The molecule has 0 radical (unpaired) electrons. The number of nitrogens with zero attached hydrogens (tertiary/aromatic N) is 2. The predicted octanol–water partition coefficient (Wildman–Crippen LogP) is 2.21. The van der Waals surface area contributed by atoms with Gasteiger partial charge in [-0.15, -0.1) is 0 Å². The first-order valence-electron chi connectivity index (χ1n) is 7.29. The lowest BCUT2D eigenvalue weighted by molar-refractivity contribution is -0.384. The van der Waals surface area contributed by atoms with Crippen LogP contribution in [0.3, 0.4) is 0 Å². The largest absolute Gasteiger partial charge is 0.481 e. The monoisotopic (exact) mass is 322 g/mol. The first kappa shape index (κ1) is 16.7. The van der Waals surface area contributed by atoms with Gasteiger partial charge in [0, 0.05) is 19.0 Å². The van der Waals surface area contributed by atoms with Crippen molar-refractivity contribution in [2.75, 3.05) is 11.4 Å². The Bertz CT molecular complexity index is 643. The molecule has 1 aliphatic rings. The van der Waals surface area contributed by atoms with Crippen LogP contribution >= 0.6 is 0 Å². The van der Waals surface area contributed by atoms with Crippen LogP contribution in [0.1, 0.15) is 26.7 Å². The molecule has 2 rings (SSSR count). The molecule has 0 aliphatic carbocycles. The molecule has 23 heavy (non-hydrogen) atoms. The van der Waals surface area contributed by atoms with Crippen LogP contribution in [0.15, 0.2) is 18.2 Å². The van der Waals surface area contributed by atoms with Gasteiger partial charge in [-0.3, -0.25) is 19.7 Å². The highest BCUT2D eigenvalue weighted by atomic mass is 16.6. The Morgan fingerprint density at radius 1 is 1.48 bits per heavy atom. The maximum atomic E-state index is 12.5. The van der Waals surface area contributed by atoms with E-state index in [1.54, 1.807) is 0 Å². The lowest BCUT2D eigenvalue weighted by atomic mass is 10.0. The van der Waals surface area contributed by atoms with E-state index in [4.69, 9.17) is 9.84 Å². The number of hydrogen-bond acceptors (Lipinski definition) is 5. The lowest BCUT2D eigenvalue weighted by Crippen LogP contribution is -2.48. The average molecular weight is 322 g/mol. The number of amides is 1. The molecule has 0 spiro atoms. The number of hydrogen-bond donors (Lipinski definition) is 1. The van der Waals surface area contributed by atoms with Gasteiger partial charge in [0.05, 0.1) is 16.7 Å². The first-order chi connectivity index (χ1) is 10.8. The van der Waals surface area contributed by atoms with Crippen LogP contribution in [0, 0.1) is 16.0 Å². The summed E-state index contributed by atoms with van der Waals surface area (Å²) in [6.07, 6.45) is -0.504. The molecule has 1 heterocycles. The first-order valence-corrected chi connectivity index (χ1v) is 7.29. The topological polar surface area (TPSA) is 110 Å². The van der Waals surface area contributed by atoms with Crippen molar-refractivity contribution >= 4 is 23.3 Å². The predicted molar refractivity (Wildman–Crippen MR) is 81.6 cm³/mol. The Balaban J connectivity index is 2.34. The highest BCUT2D eigenvalue weighted by Gasteiger charge is 2.36. The number of carbonyl (C=O) groups is 2. The second kappa shape index (κ2) is 6.64. The molecule has 1 aliphatic heterocycles. The summed E-state index contributed by atoms with van der Waals surface area (Å²) in [6, 6.07) is 4.05. The van der Waals surface area contributed by atoms with Crippen molar-refractivity contribution in [1.82, 2.24) is 0 Å². The molecule has 0 saturated carbocycles. The van der Waals surface area contributed by atoms with Gasteiger partial charge in [-0.2, -0.15) is 0 Å². The van der Waals surface area contributed by atoms with Gasteiger partial charge in [-0.1, -0.05) is 13.8 Å². The van der Waals surface area contributed by atoms with Crippen molar-refractivity contribution in [2.45, 2.75) is 32.8 Å². The molecule has 1 atom stereocenters. The van der Waals surface area contributed by atoms with Gasteiger partial charge in [-0.25, -0.2) is 0 Å². The van der Waals surface area contributed by atoms with Gasteiger partial charge in [0.15, 0.2) is 11.9 Å². The Labute approximate surface area is 132 Å². The molecule has 1 unspecified atom stereocenters. The SMILES string of the molecule is CC(C)C1Oc2cc([N+](=O)[O-])ccc2N(CCCC(=O)O)C1=O. The van der Waals surface area contributed by atoms with E-state index < -0.39 is 17.0 Å². The van der Waals surface area contributed by atoms with Crippen molar-refractivity contribution in [3.05, 3.63) is 28.3 Å². The third kappa shape index (κ3) is 3.58. The van der Waals surface area contributed by atoms with Gasteiger partial charge in [0.1, 0.15) is 0 Å². The summed E-state index contributed by atoms with van der Waals surface area (Å²) in [5.74, 6) is -1.04. The van der Waals surface area contributed by atoms with Crippen LogP contribution in [0.4, 0.5) is 11.4 Å². The molecular formula is C15H18N2O6. The fraction of sp³-hybridized carbons (Fsp3) is 0.467. The van der Waals surface area contributed by atoms with Crippen molar-refractivity contribution < 1.29 is 24.4 Å². The third-order valence-corrected chi connectivity index (χ3v) is 3.59. The van der Waals surface area contributed by atoms with Gasteiger partial charge in [0.2, 0.25) is 0 Å². The van der Waals surface area contributed by atoms with E-state index in [1.165, 1.54) is 23.1 Å². The van der Waals surface area contributed by atoms with E-state index in [2.05, 4.69) is 0 Å².